The molecule has 0 radical (unpaired) electrons. The molecule has 0 atom stereocenters. The van der Waals surface area contributed by atoms with Crippen LogP contribution in [0.15, 0.2) is 209 Å². The first kappa shape index (κ1) is 120. The van der Waals surface area contributed by atoms with Crippen molar-refractivity contribution in [3.8, 4) is 68.5 Å². The van der Waals surface area contributed by atoms with Crippen molar-refractivity contribution in [2.24, 2.45) is 5.73 Å². The molecule has 0 fully saturated rings. The van der Waals surface area contributed by atoms with Gasteiger partial charge in [0, 0.05) is 126 Å². The smallest absolute Gasteiger partial charge is 0.335 e. The van der Waals surface area contributed by atoms with E-state index < -0.39 is 24.3 Å². The first-order chi connectivity index (χ1) is 58.7. The Labute approximate surface area is 801 Å². The van der Waals surface area contributed by atoms with Crippen LogP contribution in [0, 0.1) is 23.3 Å². The van der Waals surface area contributed by atoms with Gasteiger partial charge in [-0.2, -0.15) is 0 Å². The number of ether oxygens (including phenoxy) is 4. The van der Waals surface area contributed by atoms with Crippen LogP contribution in [0.25, 0.3) is 92.0 Å². The van der Waals surface area contributed by atoms with Crippen molar-refractivity contribution in [1.29, 1.82) is 0 Å². The number of nitrogens with zero attached hydrogens (tertiary/aromatic N) is 10. The van der Waals surface area contributed by atoms with E-state index in [0.717, 1.165) is 60.9 Å². The number of carbonyl (C=O) groups excluding carboxylic acids is 1. The zero-order chi connectivity index (χ0) is 86.8. The molecule has 700 valence electrons. The molecular formula is C100H126Cl3F4N11O7S4Sn. The number of hydrogen-bond acceptors (Lipinski definition) is 21. The van der Waals surface area contributed by atoms with Crippen LogP contribution in [0.3, 0.4) is 0 Å². The summed E-state index contributed by atoms with van der Waals surface area (Å²) in [4.78, 5) is 65.0. The van der Waals surface area contributed by atoms with Gasteiger partial charge in [0.2, 0.25) is 5.28 Å². The fraction of sp³-hybridized carbons (Fsp3) is 0.300. The maximum Gasteiger partial charge on any atom is 0.335 e. The number of methoxy groups -OCH3 is 4. The summed E-state index contributed by atoms with van der Waals surface area (Å²) in [6, 6.07) is 38.4. The molecule has 0 saturated carbocycles. The topological polar surface area (TPSA) is 246 Å². The van der Waals surface area contributed by atoms with E-state index in [0.29, 0.717) is 113 Å². The number of halogens is 7. The number of aromatic carboxylic acids is 1. The summed E-state index contributed by atoms with van der Waals surface area (Å²) < 4.78 is 84.9. The van der Waals surface area contributed by atoms with Crippen molar-refractivity contribution in [3.63, 3.8) is 0 Å². The Morgan fingerprint density at radius 2 is 0.777 bits per heavy atom. The molecule has 0 saturated heterocycles. The van der Waals surface area contributed by atoms with E-state index in [2.05, 4.69) is 87.9 Å². The number of hydrogen-bond donors (Lipinski definition) is 2. The molecule has 18 nitrogen and oxygen atoms in total. The number of aryl methyl sites for hydroxylation is 1. The number of unbranched alkanes of at least 4 members (excludes halogenated alkanes) is 3. The minimum atomic E-state index is -1.85. The van der Waals surface area contributed by atoms with Crippen molar-refractivity contribution in [3.05, 3.63) is 276 Å². The summed E-state index contributed by atoms with van der Waals surface area (Å²) in [6.07, 6.45) is 20.7. The van der Waals surface area contributed by atoms with E-state index in [9.17, 15) is 27.2 Å². The van der Waals surface area contributed by atoms with Crippen molar-refractivity contribution in [2.45, 2.75) is 165 Å². The van der Waals surface area contributed by atoms with Crippen molar-refractivity contribution in [2.75, 3.05) is 35.0 Å². The van der Waals surface area contributed by atoms with Gasteiger partial charge in [-0.05, 0) is 128 Å². The van der Waals surface area contributed by atoms with Gasteiger partial charge in [0.15, 0.2) is 52.1 Å². The third kappa shape index (κ3) is 33.5. The summed E-state index contributed by atoms with van der Waals surface area (Å²) in [6.45, 7) is 15.4. The Bertz CT molecular complexity index is 5910. The van der Waals surface area contributed by atoms with Crippen molar-refractivity contribution < 1.29 is 51.2 Å². The molecule has 9 heterocycles. The Hall–Kier alpha value is -10.3. The van der Waals surface area contributed by atoms with Crippen LogP contribution >= 0.6 is 80.1 Å². The normalized spacial score (nSPS) is 9.99. The number of carbonyl (C=O) groups is 2. The van der Waals surface area contributed by atoms with E-state index >= 15 is 0 Å². The molecule has 15 aromatic rings. The summed E-state index contributed by atoms with van der Waals surface area (Å²) in [5.74, 6) is 2.57. The Morgan fingerprint density at radius 3 is 1.12 bits per heavy atom. The monoisotopic (exact) mass is 2020 g/mol. The molecular weight excluding hydrogens is 1900 g/mol. The average Bonchev–Trinajstić information content (AvgIpc) is 1.66. The predicted molar refractivity (Wildman–Crippen MR) is 550 cm³/mol. The number of aromatic nitrogens is 10. The molecule has 0 unspecified atom stereocenters. The molecule has 0 aliphatic heterocycles. The first-order valence-corrected chi connectivity index (χ1v) is 50.9. The second-order valence-electron chi connectivity index (χ2n) is 26.8. The van der Waals surface area contributed by atoms with Crippen LogP contribution in [0.5, 0.6) is 23.0 Å². The summed E-state index contributed by atoms with van der Waals surface area (Å²) >= 11 is 20.2. The molecule has 0 spiro atoms. The van der Waals surface area contributed by atoms with E-state index in [1.807, 2.05) is 57.9 Å². The number of benzene rings is 6. The zero-order valence-corrected chi connectivity index (χ0v) is 76.1. The summed E-state index contributed by atoms with van der Waals surface area (Å²) in [7, 11) is 6.07. The molecule has 0 aliphatic rings. The fourth-order valence-corrected chi connectivity index (χ4v) is 29.7. The average molecular weight is 2020 g/mol. The third-order valence-corrected chi connectivity index (χ3v) is 37.4. The number of rotatable bonds is 27. The second kappa shape index (κ2) is 61.4. The maximum absolute atomic E-state index is 14.0. The first-order valence-electron chi connectivity index (χ1n) is 38.6. The third-order valence-electron chi connectivity index (χ3n) is 18.8. The Kier molecular flexibility index (Phi) is 56.5. The van der Waals surface area contributed by atoms with Gasteiger partial charge in [0.05, 0.1) is 58.5 Å². The van der Waals surface area contributed by atoms with Crippen LogP contribution in [-0.4, -0.2) is 120 Å². The van der Waals surface area contributed by atoms with Crippen molar-refractivity contribution in [1.82, 2.24) is 49.8 Å². The summed E-state index contributed by atoms with van der Waals surface area (Å²) in [5.41, 5.74) is 12.2. The number of carboxylic acid groups (broad SMARTS) is 1. The van der Waals surface area contributed by atoms with Gasteiger partial charge in [0.1, 0.15) is 33.6 Å². The fourth-order valence-electron chi connectivity index (χ4n) is 12.5. The van der Waals surface area contributed by atoms with E-state index in [1.54, 1.807) is 125 Å². The van der Waals surface area contributed by atoms with E-state index in [4.69, 9.17) is 64.6 Å². The molecule has 130 heavy (non-hydrogen) atoms. The quantitative estimate of drug-likeness (QED) is 0.0160. The molecule has 0 aliphatic carbocycles. The van der Waals surface area contributed by atoms with Gasteiger partial charge in [0.25, 0.3) is 0 Å². The molecule has 30 heteroatoms. The molecule has 0 bridgehead atoms. The van der Waals surface area contributed by atoms with Gasteiger partial charge in [-0.1, -0.05) is 145 Å². The van der Waals surface area contributed by atoms with Gasteiger partial charge in [-0.25, -0.2) is 72.2 Å². The number of ketones is 1. The van der Waals surface area contributed by atoms with Crippen LogP contribution in [0.2, 0.25) is 28.9 Å². The predicted octanol–water partition coefficient (Wildman–Crippen LogP) is 31.5. The van der Waals surface area contributed by atoms with Gasteiger partial charge in [-0.3, -0.25) is 4.79 Å². The number of thiophene rings is 4. The standard InChI is InChI=1S/C24H21FN2O3S.C14H12FN3S.C14H9FN2S.C12H6ClFN2S.C9H10O4.C4H2Cl2N2.3C4H9.C2H3.9CH4.Sn/c1-29-21-10-9-15(13-22(21)30-2)20(28)8-3-5-16-11-12-26-24(27-16)18-14-31-23-17(18)6-4-7-19(23)25;15-12-3-1-2-10-11(8-19-13(10)12)14-17-7-5-9(18-14)4-6-16;1-2-9-6-7-16-14(17-9)11-8-18-13-10(11)4-3-5-12(13)15;13-10-4-5-15-12(16-10)8-6-17-11-7(8)2-1-3-9(11)14;1-12-7-4-3-6(9(10)11)5-8(7)13-2;5-3-1-2-7-4(6)8-3;3*1-3-4-2;1-2;;;;;;;;;;/h4,6-7,9-14H,3,5,8H2,1-2H3;1-3,5,7-8H,4,6,16H2;2-8H,1H2;1-6H;3-5H,1-2H3,(H,10,11);1-2H;3*1,3-4H2,2H3;1H,2H2;9*1H4;. The Balaban J connectivity index is 0.00000152. The molecule has 0 amide bonds. The SMILES string of the molecule is C.C.C.C.C.C.C.C.C.C=Cc1ccnc(-c2csc3c(F)cccc23)n1.C=[CH][Sn]([CH2]CCC)([CH2]CCC)[CH2]CCC.COc1ccc(C(=O)CCCc2ccnc(-c3csc4c(F)cccc34)n2)cc1OC.COc1ccc(C(=O)O)cc1OC.Clc1ccnc(Cl)n1.Fc1cccc2c(-c3nccc(Cl)n3)csc12.NCCc1ccnc(-c2csc3c(F)cccc23)n1. The number of carboxylic acids is 1. The van der Waals surface area contributed by atoms with Crippen LogP contribution in [-0.2, 0) is 12.8 Å². The van der Waals surface area contributed by atoms with Gasteiger partial charge >= 0.3 is 108 Å². The minimum Gasteiger partial charge on any atom is -0.493 e. The Morgan fingerprint density at radius 1 is 0.431 bits per heavy atom. The molecule has 3 N–H and O–H groups in total. The van der Waals surface area contributed by atoms with Crippen molar-refractivity contribution >= 4 is 157 Å². The zero-order valence-electron chi connectivity index (χ0n) is 67.7. The molecule has 9 aromatic heterocycles. The van der Waals surface area contributed by atoms with E-state index in [-0.39, 0.29) is 107 Å². The van der Waals surface area contributed by atoms with Crippen LogP contribution < -0.4 is 24.7 Å². The largest absolute Gasteiger partial charge is 0.493 e. The second-order valence-corrected chi connectivity index (χ2v) is 44.7. The minimum absolute atomic E-state index is 0. The molecule has 15 rings (SSSR count). The van der Waals surface area contributed by atoms with Gasteiger partial charge in [-0.15, -0.1) is 45.3 Å². The maximum atomic E-state index is 14.0. The van der Waals surface area contributed by atoms with Crippen LogP contribution in [0.1, 0.15) is 177 Å². The van der Waals surface area contributed by atoms with E-state index in [1.165, 1.54) is 141 Å². The van der Waals surface area contributed by atoms with Gasteiger partial charge < -0.3 is 29.8 Å². The summed E-state index contributed by atoms with van der Waals surface area (Å²) in [5, 5.41) is 20.4. The molecule has 6 aromatic carbocycles. The number of fused-ring (bicyclic) bond motifs is 4. The van der Waals surface area contributed by atoms with Crippen LogP contribution in [0.4, 0.5) is 17.6 Å². The number of Topliss-reactive ketones (excluding diaryl/α,β-unsaturated/α-hetero) is 1. The number of nitrogens with two attached hydrogens (primary N) is 1.